The van der Waals surface area contributed by atoms with Gasteiger partial charge in [-0.3, -0.25) is 13.4 Å². The molecule has 1 N–H and O–H groups in total. The second-order valence-electron chi connectivity index (χ2n) is 7.14. The maximum absolute atomic E-state index is 13.2. The molecule has 0 atom stereocenters. The van der Waals surface area contributed by atoms with E-state index in [0.29, 0.717) is 29.9 Å². The number of anilines is 3. The molecule has 142 valence electrons. The van der Waals surface area contributed by atoms with Crippen molar-refractivity contribution < 1.29 is 17.6 Å². The Bertz CT molecular complexity index is 1050. The summed E-state index contributed by atoms with van der Waals surface area (Å²) in [6.45, 7) is 1.83. The fourth-order valence-electron chi connectivity index (χ4n) is 3.54. The maximum atomic E-state index is 13.2. The number of hydrogen-bond acceptors (Lipinski definition) is 3. The van der Waals surface area contributed by atoms with E-state index < -0.39 is 15.6 Å². The van der Waals surface area contributed by atoms with E-state index in [2.05, 4.69) is 5.32 Å². The lowest BCUT2D eigenvalue weighted by Crippen LogP contribution is -2.32. The Morgan fingerprint density at radius 3 is 2.19 bits per heavy atom. The standard InChI is InChI=1S/C19H20FN3O3S/c1-12-10-16-17(23(3)27(25,26)22(16)2)11-15(12)21-18(24)19(8-9-19)13-4-6-14(20)7-5-13/h4-7,10-11H,8-9H2,1-3H3,(H,21,24). The van der Waals surface area contributed by atoms with Crippen LogP contribution in [-0.2, 0) is 20.4 Å². The number of amides is 1. The van der Waals surface area contributed by atoms with E-state index in [0.717, 1.165) is 11.1 Å². The SMILES string of the molecule is Cc1cc2c(cc1NC(=O)C1(c3ccc(F)cc3)CC1)N(C)S(=O)(=O)N2C. The minimum absolute atomic E-state index is 0.158. The van der Waals surface area contributed by atoms with Crippen molar-refractivity contribution in [3.63, 3.8) is 0 Å². The zero-order chi connectivity index (χ0) is 19.6. The first-order valence-electron chi connectivity index (χ1n) is 8.62. The number of hydrogen-bond donors (Lipinski definition) is 1. The third-order valence-corrected chi connectivity index (χ3v) is 7.30. The Balaban J connectivity index is 1.66. The molecule has 27 heavy (non-hydrogen) atoms. The van der Waals surface area contributed by atoms with E-state index >= 15 is 0 Å². The van der Waals surface area contributed by atoms with E-state index in [1.165, 1.54) is 34.8 Å². The zero-order valence-corrected chi connectivity index (χ0v) is 16.1. The first kappa shape index (κ1) is 17.8. The van der Waals surface area contributed by atoms with Gasteiger partial charge in [0.05, 0.1) is 16.8 Å². The van der Waals surface area contributed by atoms with Crippen LogP contribution in [0.4, 0.5) is 21.5 Å². The van der Waals surface area contributed by atoms with Gasteiger partial charge in [0.15, 0.2) is 0 Å². The van der Waals surface area contributed by atoms with Crippen molar-refractivity contribution in [3.05, 3.63) is 53.3 Å². The molecule has 4 rings (SSSR count). The molecule has 2 aromatic rings. The Kier molecular flexibility index (Phi) is 3.75. The van der Waals surface area contributed by atoms with Crippen LogP contribution in [-0.4, -0.2) is 28.4 Å². The van der Waals surface area contributed by atoms with Crippen molar-refractivity contribution in [1.29, 1.82) is 0 Å². The van der Waals surface area contributed by atoms with Crippen LogP contribution in [0.1, 0.15) is 24.0 Å². The summed E-state index contributed by atoms with van der Waals surface area (Å²) < 4.78 is 40.2. The molecule has 2 aliphatic rings. The van der Waals surface area contributed by atoms with Crippen molar-refractivity contribution in [2.24, 2.45) is 0 Å². The van der Waals surface area contributed by atoms with Crippen LogP contribution in [0.5, 0.6) is 0 Å². The number of fused-ring (bicyclic) bond motifs is 1. The average Bonchev–Trinajstić information content (AvgIpc) is 3.41. The molecule has 0 saturated heterocycles. The molecule has 1 saturated carbocycles. The van der Waals surface area contributed by atoms with E-state index in [1.54, 1.807) is 24.3 Å². The number of nitrogens with zero attached hydrogens (tertiary/aromatic N) is 2. The van der Waals surface area contributed by atoms with Crippen molar-refractivity contribution in [2.45, 2.75) is 25.2 Å². The van der Waals surface area contributed by atoms with Gasteiger partial charge in [0, 0.05) is 19.8 Å². The lowest BCUT2D eigenvalue weighted by Gasteiger charge is -2.18. The third kappa shape index (κ3) is 2.58. The molecule has 6 nitrogen and oxygen atoms in total. The fraction of sp³-hybridized carbons (Fsp3) is 0.316. The predicted octanol–water partition coefficient (Wildman–Crippen LogP) is 2.94. The Morgan fingerprint density at radius 1 is 1.07 bits per heavy atom. The Hall–Kier alpha value is -2.61. The topological polar surface area (TPSA) is 69.7 Å². The number of aryl methyl sites for hydroxylation is 1. The van der Waals surface area contributed by atoms with Crippen LogP contribution in [0.15, 0.2) is 36.4 Å². The van der Waals surface area contributed by atoms with Crippen molar-refractivity contribution in [2.75, 3.05) is 28.0 Å². The molecular formula is C19H20FN3O3S. The van der Waals surface area contributed by atoms with Crippen LogP contribution < -0.4 is 13.9 Å². The van der Waals surface area contributed by atoms with Gasteiger partial charge >= 0.3 is 10.2 Å². The molecule has 1 amide bonds. The largest absolute Gasteiger partial charge is 0.326 e. The minimum Gasteiger partial charge on any atom is -0.325 e. The van der Waals surface area contributed by atoms with Gasteiger partial charge in [-0.15, -0.1) is 0 Å². The molecule has 1 heterocycles. The molecular weight excluding hydrogens is 369 g/mol. The highest BCUT2D eigenvalue weighted by molar-refractivity contribution is 7.94. The zero-order valence-electron chi connectivity index (χ0n) is 15.3. The van der Waals surface area contributed by atoms with Crippen LogP contribution >= 0.6 is 0 Å². The molecule has 1 aliphatic heterocycles. The number of halogens is 1. The molecule has 2 aromatic carbocycles. The van der Waals surface area contributed by atoms with Gasteiger partial charge in [-0.25, -0.2) is 4.39 Å². The van der Waals surface area contributed by atoms with Gasteiger partial charge in [0.2, 0.25) is 5.91 Å². The smallest absolute Gasteiger partial charge is 0.325 e. The van der Waals surface area contributed by atoms with Gasteiger partial charge in [-0.05, 0) is 55.2 Å². The van der Waals surface area contributed by atoms with Crippen LogP contribution in [0, 0.1) is 12.7 Å². The molecule has 0 radical (unpaired) electrons. The van der Waals surface area contributed by atoms with Gasteiger partial charge in [-0.2, -0.15) is 8.42 Å². The Morgan fingerprint density at radius 2 is 1.63 bits per heavy atom. The Labute approximate surface area is 157 Å². The molecule has 0 aromatic heterocycles. The van der Waals surface area contributed by atoms with Crippen molar-refractivity contribution in [1.82, 2.24) is 0 Å². The second kappa shape index (κ2) is 5.69. The highest BCUT2D eigenvalue weighted by atomic mass is 32.2. The summed E-state index contributed by atoms with van der Waals surface area (Å²) in [6.07, 6.45) is 1.40. The average molecular weight is 389 g/mol. The van der Waals surface area contributed by atoms with Crippen molar-refractivity contribution >= 4 is 33.2 Å². The van der Waals surface area contributed by atoms with Gasteiger partial charge in [-0.1, -0.05) is 12.1 Å². The summed E-state index contributed by atoms with van der Waals surface area (Å²) in [5, 5.41) is 2.95. The summed E-state index contributed by atoms with van der Waals surface area (Å²) in [6, 6.07) is 9.45. The number of nitrogens with one attached hydrogen (secondary N) is 1. The van der Waals surface area contributed by atoms with Crippen LogP contribution in [0.2, 0.25) is 0 Å². The molecule has 0 unspecified atom stereocenters. The second-order valence-corrected chi connectivity index (χ2v) is 9.13. The van der Waals surface area contributed by atoms with Gasteiger partial charge < -0.3 is 5.32 Å². The fourth-order valence-corrected chi connectivity index (χ4v) is 4.69. The predicted molar refractivity (Wildman–Crippen MR) is 103 cm³/mol. The monoisotopic (exact) mass is 389 g/mol. The third-order valence-electron chi connectivity index (χ3n) is 5.52. The summed E-state index contributed by atoms with van der Waals surface area (Å²) >= 11 is 0. The summed E-state index contributed by atoms with van der Waals surface area (Å²) in [7, 11) is -0.581. The quantitative estimate of drug-likeness (QED) is 0.878. The summed E-state index contributed by atoms with van der Waals surface area (Å²) in [5.74, 6) is -0.494. The molecule has 1 aliphatic carbocycles. The van der Waals surface area contributed by atoms with Crippen molar-refractivity contribution in [3.8, 4) is 0 Å². The normalized spacial score (nSPS) is 19.0. The number of benzene rings is 2. The first-order chi connectivity index (χ1) is 12.7. The van der Waals surface area contributed by atoms with Crippen LogP contribution in [0.25, 0.3) is 0 Å². The molecule has 8 heteroatoms. The lowest BCUT2D eigenvalue weighted by molar-refractivity contribution is -0.118. The van der Waals surface area contributed by atoms with Gasteiger partial charge in [0.25, 0.3) is 0 Å². The van der Waals surface area contributed by atoms with E-state index in [1.807, 2.05) is 6.92 Å². The summed E-state index contributed by atoms with van der Waals surface area (Å²) in [4.78, 5) is 13.0. The maximum Gasteiger partial charge on any atom is 0.326 e. The van der Waals surface area contributed by atoms with Crippen LogP contribution in [0.3, 0.4) is 0 Å². The minimum atomic E-state index is -3.57. The summed E-state index contributed by atoms with van der Waals surface area (Å²) in [5.41, 5.74) is 2.59. The number of carbonyl (C=O) groups is 1. The molecule has 1 fully saturated rings. The molecule has 0 bridgehead atoms. The number of rotatable bonds is 3. The highest BCUT2D eigenvalue weighted by Gasteiger charge is 2.51. The highest BCUT2D eigenvalue weighted by Crippen LogP contribution is 2.49. The lowest BCUT2D eigenvalue weighted by atomic mass is 9.94. The first-order valence-corrected chi connectivity index (χ1v) is 10.0. The van der Waals surface area contributed by atoms with E-state index in [9.17, 15) is 17.6 Å². The van der Waals surface area contributed by atoms with E-state index in [4.69, 9.17) is 0 Å². The van der Waals surface area contributed by atoms with Gasteiger partial charge in [0.1, 0.15) is 5.82 Å². The number of carbonyl (C=O) groups excluding carboxylic acids is 1. The molecule has 0 spiro atoms. The van der Waals surface area contributed by atoms with E-state index in [-0.39, 0.29) is 11.7 Å².